The van der Waals surface area contributed by atoms with Gasteiger partial charge in [0.2, 0.25) is 0 Å². The van der Waals surface area contributed by atoms with E-state index in [0.717, 1.165) is 0 Å². The van der Waals surface area contributed by atoms with Gasteiger partial charge in [-0.05, 0) is 0 Å². The van der Waals surface area contributed by atoms with Crippen molar-refractivity contribution >= 4 is 0 Å². The second-order valence-corrected chi connectivity index (χ2v) is 3.58. The first-order valence-electron chi connectivity index (χ1n) is 4.65. The molecule has 1 saturated heterocycles. The molecule has 5 heteroatoms. The minimum Gasteiger partial charge on any atom is -0.388 e. The monoisotopic (exact) mass is 206 g/mol. The smallest absolute Gasteiger partial charge is 0.183 e. The predicted octanol–water partition coefficient (Wildman–Crippen LogP) is -0.638. The number of ether oxygens (including phenoxy) is 3. The number of aliphatic hydroxyl groups excluding tert-OH is 2. The fraction of sp³-hybridized carbons (Fsp3) is 1.00. The van der Waals surface area contributed by atoms with Gasteiger partial charge < -0.3 is 24.4 Å². The van der Waals surface area contributed by atoms with Crippen LogP contribution in [0, 0.1) is 5.92 Å². The average Bonchev–Trinajstić information content (AvgIpc) is 2.44. The van der Waals surface area contributed by atoms with Crippen molar-refractivity contribution < 1.29 is 24.4 Å². The zero-order valence-electron chi connectivity index (χ0n) is 8.71. The number of aliphatic hydroxyl groups is 2. The zero-order chi connectivity index (χ0) is 10.7. The first-order chi connectivity index (χ1) is 6.61. The van der Waals surface area contributed by atoms with Crippen molar-refractivity contribution in [1.29, 1.82) is 0 Å². The summed E-state index contributed by atoms with van der Waals surface area (Å²) in [7, 11) is 2.97. The third-order valence-electron chi connectivity index (χ3n) is 2.58. The maximum atomic E-state index is 9.64. The van der Waals surface area contributed by atoms with Gasteiger partial charge in [-0.1, -0.05) is 6.92 Å². The molecule has 84 valence electrons. The maximum absolute atomic E-state index is 9.64. The van der Waals surface area contributed by atoms with Crippen molar-refractivity contribution in [3.8, 4) is 0 Å². The van der Waals surface area contributed by atoms with Crippen LogP contribution in [0.1, 0.15) is 6.92 Å². The summed E-state index contributed by atoms with van der Waals surface area (Å²) in [5.41, 5.74) is 0. The Bertz CT molecular complexity index is 175. The van der Waals surface area contributed by atoms with Gasteiger partial charge in [0.05, 0.1) is 12.7 Å². The van der Waals surface area contributed by atoms with E-state index in [2.05, 4.69) is 0 Å². The van der Waals surface area contributed by atoms with Crippen LogP contribution in [0.5, 0.6) is 0 Å². The third kappa shape index (κ3) is 2.24. The normalized spacial score (nSPS) is 40.1. The summed E-state index contributed by atoms with van der Waals surface area (Å²) in [6, 6.07) is 0. The summed E-state index contributed by atoms with van der Waals surface area (Å²) < 4.78 is 15.1. The average molecular weight is 206 g/mol. The maximum Gasteiger partial charge on any atom is 0.183 e. The van der Waals surface area contributed by atoms with E-state index in [0.29, 0.717) is 0 Å². The van der Waals surface area contributed by atoms with Crippen molar-refractivity contribution in [2.45, 2.75) is 31.5 Å². The molecule has 1 rings (SSSR count). The zero-order valence-corrected chi connectivity index (χ0v) is 8.71. The van der Waals surface area contributed by atoms with Crippen molar-refractivity contribution in [3.63, 3.8) is 0 Å². The molecule has 1 aliphatic heterocycles. The van der Waals surface area contributed by atoms with Gasteiger partial charge in [0.1, 0.15) is 12.2 Å². The van der Waals surface area contributed by atoms with Crippen LogP contribution in [0.2, 0.25) is 0 Å². The Kier molecular flexibility index (Phi) is 4.28. The Hall–Kier alpha value is -0.200. The van der Waals surface area contributed by atoms with Crippen LogP contribution in [0.25, 0.3) is 0 Å². The highest BCUT2D eigenvalue weighted by molar-refractivity contribution is 4.87. The standard InChI is InChI=1S/C9H18O5/c1-5-7(11)9(13-3)14-8(5)6(10)4-12-2/h5-11H,4H2,1-3H3. The van der Waals surface area contributed by atoms with Gasteiger partial charge in [-0.25, -0.2) is 0 Å². The van der Waals surface area contributed by atoms with Gasteiger partial charge >= 0.3 is 0 Å². The fourth-order valence-electron chi connectivity index (χ4n) is 1.70. The Labute approximate surface area is 83.6 Å². The molecule has 0 bridgehead atoms. The molecule has 0 radical (unpaired) electrons. The van der Waals surface area contributed by atoms with Crippen molar-refractivity contribution in [1.82, 2.24) is 0 Å². The molecule has 14 heavy (non-hydrogen) atoms. The topological polar surface area (TPSA) is 68.2 Å². The largest absolute Gasteiger partial charge is 0.388 e. The van der Waals surface area contributed by atoms with Crippen LogP contribution >= 0.6 is 0 Å². The van der Waals surface area contributed by atoms with Crippen LogP contribution in [-0.4, -0.2) is 55.6 Å². The van der Waals surface area contributed by atoms with Gasteiger partial charge in [-0.15, -0.1) is 0 Å². The molecule has 0 spiro atoms. The molecule has 1 heterocycles. The summed E-state index contributed by atoms with van der Waals surface area (Å²) in [5.74, 6) is -0.162. The summed E-state index contributed by atoms with van der Waals surface area (Å²) >= 11 is 0. The number of hydrogen-bond donors (Lipinski definition) is 2. The van der Waals surface area contributed by atoms with E-state index in [1.165, 1.54) is 14.2 Å². The summed E-state index contributed by atoms with van der Waals surface area (Å²) in [4.78, 5) is 0. The van der Waals surface area contributed by atoms with Crippen LogP contribution in [0.3, 0.4) is 0 Å². The molecule has 5 unspecified atom stereocenters. The second kappa shape index (κ2) is 5.04. The van der Waals surface area contributed by atoms with E-state index < -0.39 is 24.6 Å². The lowest BCUT2D eigenvalue weighted by molar-refractivity contribution is -0.167. The lowest BCUT2D eigenvalue weighted by Crippen LogP contribution is -2.35. The molecule has 1 fully saturated rings. The van der Waals surface area contributed by atoms with Crippen LogP contribution in [0.15, 0.2) is 0 Å². The molecule has 0 amide bonds. The molecule has 5 nitrogen and oxygen atoms in total. The van der Waals surface area contributed by atoms with Crippen LogP contribution in [0.4, 0.5) is 0 Å². The first-order valence-corrected chi connectivity index (χ1v) is 4.65. The number of hydrogen-bond acceptors (Lipinski definition) is 5. The summed E-state index contributed by atoms with van der Waals surface area (Å²) in [6.07, 6.45) is -2.52. The molecule has 0 aromatic rings. The van der Waals surface area contributed by atoms with E-state index in [1.54, 1.807) is 0 Å². The Morgan fingerprint density at radius 2 is 2.07 bits per heavy atom. The fourth-order valence-corrected chi connectivity index (χ4v) is 1.70. The molecule has 0 aromatic carbocycles. The molecule has 0 saturated carbocycles. The Morgan fingerprint density at radius 3 is 2.50 bits per heavy atom. The van der Waals surface area contributed by atoms with E-state index in [9.17, 15) is 10.2 Å². The lowest BCUT2D eigenvalue weighted by atomic mass is 9.97. The Morgan fingerprint density at radius 1 is 1.43 bits per heavy atom. The second-order valence-electron chi connectivity index (χ2n) is 3.58. The van der Waals surface area contributed by atoms with Crippen LogP contribution in [-0.2, 0) is 14.2 Å². The van der Waals surface area contributed by atoms with Crippen molar-refractivity contribution in [2.75, 3.05) is 20.8 Å². The number of methoxy groups -OCH3 is 2. The molecule has 1 aliphatic rings. The highest BCUT2D eigenvalue weighted by Gasteiger charge is 2.44. The number of rotatable bonds is 4. The molecular weight excluding hydrogens is 188 g/mol. The lowest BCUT2D eigenvalue weighted by Gasteiger charge is -2.20. The Balaban J connectivity index is 2.55. The SMILES string of the molecule is COCC(O)C1OC(OC)C(O)C1C. The molecule has 0 aromatic heterocycles. The van der Waals surface area contributed by atoms with E-state index >= 15 is 0 Å². The quantitative estimate of drug-likeness (QED) is 0.640. The van der Waals surface area contributed by atoms with Gasteiger partial charge in [0.15, 0.2) is 6.29 Å². The third-order valence-corrected chi connectivity index (χ3v) is 2.58. The summed E-state index contributed by atoms with van der Waals surface area (Å²) in [5, 5.41) is 19.3. The predicted molar refractivity (Wildman–Crippen MR) is 48.7 cm³/mol. The van der Waals surface area contributed by atoms with Gasteiger partial charge in [0, 0.05) is 20.1 Å². The van der Waals surface area contributed by atoms with Gasteiger partial charge in [-0.3, -0.25) is 0 Å². The van der Waals surface area contributed by atoms with Gasteiger partial charge in [0.25, 0.3) is 0 Å². The molecule has 2 N–H and O–H groups in total. The highest BCUT2D eigenvalue weighted by atomic mass is 16.7. The minimum absolute atomic E-state index is 0.162. The van der Waals surface area contributed by atoms with Crippen molar-refractivity contribution in [2.24, 2.45) is 5.92 Å². The first kappa shape index (κ1) is 11.9. The van der Waals surface area contributed by atoms with E-state index in [4.69, 9.17) is 14.2 Å². The highest BCUT2D eigenvalue weighted by Crippen LogP contribution is 2.29. The van der Waals surface area contributed by atoms with E-state index in [1.807, 2.05) is 6.92 Å². The van der Waals surface area contributed by atoms with E-state index in [-0.39, 0.29) is 12.5 Å². The molecule has 5 atom stereocenters. The molecular formula is C9H18O5. The minimum atomic E-state index is -0.732. The van der Waals surface area contributed by atoms with Crippen LogP contribution < -0.4 is 0 Å². The summed E-state index contributed by atoms with van der Waals surface area (Å²) in [6.45, 7) is 2.01. The van der Waals surface area contributed by atoms with Crippen molar-refractivity contribution in [3.05, 3.63) is 0 Å². The van der Waals surface area contributed by atoms with Gasteiger partial charge in [-0.2, -0.15) is 0 Å². The molecule has 0 aliphatic carbocycles.